The fourth-order valence-corrected chi connectivity index (χ4v) is 5.82. The minimum absolute atomic E-state index is 0.0555. The monoisotopic (exact) mass is 442 g/mol. The molecule has 0 saturated carbocycles. The number of ether oxygens (including phenoxy) is 2. The average Bonchev–Trinajstić information content (AvgIpc) is 3.22. The molecule has 0 bridgehead atoms. The van der Waals surface area contributed by atoms with E-state index < -0.39 is 10.0 Å². The van der Waals surface area contributed by atoms with Gasteiger partial charge in [0.2, 0.25) is 15.9 Å². The second-order valence-electron chi connectivity index (χ2n) is 5.88. The Balaban J connectivity index is 1.77. The fourth-order valence-electron chi connectivity index (χ4n) is 2.67. The molecule has 0 unspecified atom stereocenters. The molecule has 1 aliphatic heterocycles. The van der Waals surface area contributed by atoms with Crippen LogP contribution in [0.1, 0.15) is 6.92 Å². The van der Waals surface area contributed by atoms with Crippen LogP contribution in [0.25, 0.3) is 0 Å². The molecular formula is C18H22N2O5S3. The van der Waals surface area contributed by atoms with Crippen molar-refractivity contribution in [3.8, 4) is 5.75 Å². The first-order valence-electron chi connectivity index (χ1n) is 8.81. The first-order chi connectivity index (χ1) is 13.5. The van der Waals surface area contributed by atoms with Crippen LogP contribution in [0.2, 0.25) is 0 Å². The zero-order chi connectivity index (χ0) is 20.0. The maximum absolute atomic E-state index is 13.1. The molecule has 1 N–H and O–H groups in total. The van der Waals surface area contributed by atoms with Gasteiger partial charge in [0, 0.05) is 18.8 Å². The smallest absolute Gasteiger partial charge is 0.246 e. The van der Waals surface area contributed by atoms with Crippen molar-refractivity contribution in [1.82, 2.24) is 4.31 Å². The van der Waals surface area contributed by atoms with Crippen molar-refractivity contribution in [2.24, 2.45) is 0 Å². The lowest BCUT2D eigenvalue weighted by Crippen LogP contribution is -2.40. The fraction of sp³-hybridized carbons (Fsp3) is 0.389. The number of rotatable bonds is 8. The van der Waals surface area contributed by atoms with E-state index in [-0.39, 0.29) is 22.3 Å². The number of hydrogen-bond acceptors (Lipinski definition) is 7. The summed E-state index contributed by atoms with van der Waals surface area (Å²) in [6.45, 7) is 3.44. The van der Waals surface area contributed by atoms with Crippen molar-refractivity contribution in [1.29, 1.82) is 0 Å². The van der Waals surface area contributed by atoms with Gasteiger partial charge in [0.1, 0.15) is 10.6 Å². The van der Waals surface area contributed by atoms with Crippen LogP contribution in [0, 0.1) is 0 Å². The molecule has 1 fully saturated rings. The second kappa shape index (κ2) is 9.75. The van der Waals surface area contributed by atoms with Crippen LogP contribution in [0.3, 0.4) is 0 Å². The lowest BCUT2D eigenvalue weighted by Gasteiger charge is -2.27. The predicted octanol–water partition coefficient (Wildman–Crippen LogP) is 2.90. The molecule has 2 heterocycles. The number of thiophene rings is 1. The summed E-state index contributed by atoms with van der Waals surface area (Å²) in [7, 11) is -3.75. The largest absolute Gasteiger partial charge is 0.492 e. The molecule has 152 valence electrons. The second-order valence-corrected chi connectivity index (χ2v) is 10.0. The Morgan fingerprint density at radius 3 is 2.79 bits per heavy atom. The zero-order valence-electron chi connectivity index (χ0n) is 15.4. The van der Waals surface area contributed by atoms with Crippen molar-refractivity contribution in [3.05, 3.63) is 35.7 Å². The number of benzene rings is 1. The van der Waals surface area contributed by atoms with E-state index in [4.69, 9.17) is 9.47 Å². The van der Waals surface area contributed by atoms with E-state index in [2.05, 4.69) is 5.32 Å². The molecule has 1 saturated heterocycles. The van der Waals surface area contributed by atoms with Gasteiger partial charge in [-0.1, -0.05) is 6.07 Å². The van der Waals surface area contributed by atoms with E-state index in [1.54, 1.807) is 30.4 Å². The molecule has 2 aromatic rings. The minimum atomic E-state index is -3.75. The standard InChI is InChI=1S/C18H22N2O5S3/c1-2-25-15-6-5-14(19-17(21)13-27-18-4-3-11-26-18)12-16(15)28(22,23)20-7-9-24-10-8-20/h3-6,11-12H,2,7-10,13H2,1H3,(H,19,21). The summed E-state index contributed by atoms with van der Waals surface area (Å²) in [6, 6.07) is 8.58. The summed E-state index contributed by atoms with van der Waals surface area (Å²) in [6.07, 6.45) is 0. The highest BCUT2D eigenvalue weighted by Crippen LogP contribution is 2.31. The lowest BCUT2D eigenvalue weighted by atomic mass is 10.3. The summed E-state index contributed by atoms with van der Waals surface area (Å²) in [5, 5.41) is 4.72. The van der Waals surface area contributed by atoms with Crippen LogP contribution in [0.4, 0.5) is 5.69 Å². The lowest BCUT2D eigenvalue weighted by molar-refractivity contribution is -0.113. The zero-order valence-corrected chi connectivity index (χ0v) is 17.9. The average molecular weight is 443 g/mol. The van der Waals surface area contributed by atoms with E-state index in [9.17, 15) is 13.2 Å². The van der Waals surface area contributed by atoms with Crippen LogP contribution in [-0.2, 0) is 19.6 Å². The van der Waals surface area contributed by atoms with E-state index in [1.807, 2.05) is 17.5 Å². The molecule has 3 rings (SSSR count). The number of carbonyl (C=O) groups is 1. The SMILES string of the molecule is CCOc1ccc(NC(=O)CSc2cccs2)cc1S(=O)(=O)N1CCOCC1. The normalized spacial score (nSPS) is 15.3. The van der Waals surface area contributed by atoms with Crippen molar-refractivity contribution >= 4 is 44.7 Å². The highest BCUT2D eigenvalue weighted by Gasteiger charge is 2.29. The van der Waals surface area contributed by atoms with Gasteiger partial charge in [-0.15, -0.1) is 23.1 Å². The molecule has 0 spiro atoms. The van der Waals surface area contributed by atoms with Gasteiger partial charge in [-0.05, 0) is 36.6 Å². The number of morpholine rings is 1. The first-order valence-corrected chi connectivity index (χ1v) is 12.1. The molecule has 10 heteroatoms. The quantitative estimate of drug-likeness (QED) is 0.633. The third-order valence-electron chi connectivity index (χ3n) is 3.96. The number of nitrogens with one attached hydrogen (secondary N) is 1. The predicted molar refractivity (Wildman–Crippen MR) is 111 cm³/mol. The van der Waals surface area contributed by atoms with Crippen LogP contribution in [-0.4, -0.2) is 57.3 Å². The van der Waals surface area contributed by atoms with Crippen LogP contribution in [0.15, 0.2) is 44.8 Å². The number of nitrogens with zero attached hydrogens (tertiary/aromatic N) is 1. The van der Waals surface area contributed by atoms with Gasteiger partial charge in [-0.25, -0.2) is 8.42 Å². The molecule has 0 atom stereocenters. The number of carbonyl (C=O) groups excluding carboxylic acids is 1. The van der Waals surface area contributed by atoms with Crippen molar-refractivity contribution in [2.75, 3.05) is 44.0 Å². The van der Waals surface area contributed by atoms with E-state index in [0.717, 1.165) is 4.21 Å². The number of sulfonamides is 1. The summed E-state index contributed by atoms with van der Waals surface area (Å²) >= 11 is 3.01. The molecule has 1 aliphatic rings. The number of anilines is 1. The Hall–Kier alpha value is -1.59. The Bertz CT molecular complexity index is 894. The molecule has 28 heavy (non-hydrogen) atoms. The highest BCUT2D eigenvalue weighted by atomic mass is 32.2. The maximum atomic E-state index is 13.1. The van der Waals surface area contributed by atoms with Gasteiger partial charge in [0.25, 0.3) is 0 Å². The minimum Gasteiger partial charge on any atom is -0.492 e. The topological polar surface area (TPSA) is 84.9 Å². The van der Waals surface area contributed by atoms with E-state index in [0.29, 0.717) is 38.6 Å². The Morgan fingerprint density at radius 2 is 2.11 bits per heavy atom. The number of amides is 1. The first kappa shape index (κ1) is 21.1. The Kier molecular flexibility index (Phi) is 7.36. The highest BCUT2D eigenvalue weighted by molar-refractivity contribution is 8.01. The molecular weight excluding hydrogens is 420 g/mol. The van der Waals surface area contributed by atoms with Gasteiger partial charge in [0.15, 0.2) is 0 Å². The Morgan fingerprint density at radius 1 is 1.32 bits per heavy atom. The number of hydrogen-bond donors (Lipinski definition) is 1. The van der Waals surface area contributed by atoms with Crippen molar-refractivity contribution in [3.63, 3.8) is 0 Å². The summed E-state index contributed by atoms with van der Waals surface area (Å²) in [5.74, 6) is 0.330. The van der Waals surface area contributed by atoms with Crippen LogP contribution < -0.4 is 10.1 Å². The van der Waals surface area contributed by atoms with Gasteiger partial charge >= 0.3 is 0 Å². The van der Waals surface area contributed by atoms with Crippen molar-refractivity contribution in [2.45, 2.75) is 16.0 Å². The summed E-state index contributed by atoms with van der Waals surface area (Å²) < 4.78 is 39.4. The van der Waals surface area contributed by atoms with Crippen LogP contribution >= 0.6 is 23.1 Å². The molecule has 0 aliphatic carbocycles. The molecule has 1 aromatic carbocycles. The Labute approximate surface area is 173 Å². The summed E-state index contributed by atoms with van der Waals surface area (Å²) in [5.41, 5.74) is 0.423. The van der Waals surface area contributed by atoms with Crippen LogP contribution in [0.5, 0.6) is 5.75 Å². The molecule has 7 nitrogen and oxygen atoms in total. The molecule has 0 radical (unpaired) electrons. The molecule has 1 aromatic heterocycles. The van der Waals surface area contributed by atoms with Gasteiger partial charge in [0.05, 0.1) is 29.8 Å². The third-order valence-corrected chi connectivity index (χ3v) is 8.01. The maximum Gasteiger partial charge on any atom is 0.246 e. The van der Waals surface area contributed by atoms with E-state index >= 15 is 0 Å². The number of thioether (sulfide) groups is 1. The third kappa shape index (κ3) is 5.26. The van der Waals surface area contributed by atoms with Crippen molar-refractivity contribution < 1.29 is 22.7 Å². The summed E-state index contributed by atoms with van der Waals surface area (Å²) in [4.78, 5) is 12.3. The van der Waals surface area contributed by atoms with Gasteiger partial charge < -0.3 is 14.8 Å². The molecule has 1 amide bonds. The van der Waals surface area contributed by atoms with Gasteiger partial charge in [-0.2, -0.15) is 4.31 Å². The van der Waals surface area contributed by atoms with Gasteiger partial charge in [-0.3, -0.25) is 4.79 Å². The van der Waals surface area contributed by atoms with E-state index in [1.165, 1.54) is 22.1 Å².